The van der Waals surface area contributed by atoms with Crippen LogP contribution in [0, 0.1) is 0 Å². The summed E-state index contributed by atoms with van der Waals surface area (Å²) in [5.41, 5.74) is 0. The lowest BCUT2D eigenvalue weighted by atomic mass is 10.2. The molecule has 1 atom stereocenters. The fraction of sp³-hybridized carbons (Fsp3) is 1.00. The second kappa shape index (κ2) is 8.93. The SMILES string of the molecule is CCCC(CNC1CC1)OCCN(C(C)C)C(C)C. The number of hydrogen-bond donors (Lipinski definition) is 1. The first-order chi connectivity index (χ1) is 9.04. The van der Waals surface area contributed by atoms with E-state index in [-0.39, 0.29) is 0 Å². The molecule has 1 N–H and O–H groups in total. The number of nitrogens with one attached hydrogen (secondary N) is 1. The molecule has 1 aliphatic carbocycles. The van der Waals surface area contributed by atoms with Crippen molar-refractivity contribution in [2.24, 2.45) is 0 Å². The molecule has 1 fully saturated rings. The van der Waals surface area contributed by atoms with Crippen LogP contribution in [-0.4, -0.2) is 48.8 Å². The highest BCUT2D eigenvalue weighted by atomic mass is 16.5. The van der Waals surface area contributed by atoms with Gasteiger partial charge in [0.15, 0.2) is 0 Å². The second-order valence-corrected chi connectivity index (χ2v) is 6.39. The van der Waals surface area contributed by atoms with Gasteiger partial charge >= 0.3 is 0 Å². The second-order valence-electron chi connectivity index (χ2n) is 6.39. The van der Waals surface area contributed by atoms with Crippen LogP contribution in [0.3, 0.4) is 0 Å². The Morgan fingerprint density at radius 1 is 1.16 bits per heavy atom. The maximum Gasteiger partial charge on any atom is 0.0700 e. The fourth-order valence-electron chi connectivity index (χ4n) is 2.59. The minimum Gasteiger partial charge on any atom is -0.376 e. The van der Waals surface area contributed by atoms with Crippen molar-refractivity contribution in [1.29, 1.82) is 0 Å². The van der Waals surface area contributed by atoms with Crippen LogP contribution in [0.5, 0.6) is 0 Å². The van der Waals surface area contributed by atoms with Crippen molar-refractivity contribution in [2.75, 3.05) is 19.7 Å². The fourth-order valence-corrected chi connectivity index (χ4v) is 2.59. The summed E-state index contributed by atoms with van der Waals surface area (Å²) in [4.78, 5) is 2.50. The third kappa shape index (κ3) is 7.28. The smallest absolute Gasteiger partial charge is 0.0700 e. The summed E-state index contributed by atoms with van der Waals surface area (Å²) in [6, 6.07) is 1.97. The largest absolute Gasteiger partial charge is 0.376 e. The van der Waals surface area contributed by atoms with Crippen molar-refractivity contribution in [1.82, 2.24) is 10.2 Å². The van der Waals surface area contributed by atoms with Gasteiger partial charge < -0.3 is 10.1 Å². The summed E-state index contributed by atoms with van der Waals surface area (Å²) in [6.45, 7) is 14.2. The van der Waals surface area contributed by atoms with Gasteiger partial charge in [-0.2, -0.15) is 0 Å². The molecule has 0 aromatic heterocycles. The van der Waals surface area contributed by atoms with Crippen molar-refractivity contribution >= 4 is 0 Å². The van der Waals surface area contributed by atoms with Crippen LogP contribution in [0.25, 0.3) is 0 Å². The van der Waals surface area contributed by atoms with Crippen LogP contribution in [0.4, 0.5) is 0 Å². The predicted molar refractivity (Wildman–Crippen MR) is 82.7 cm³/mol. The first-order valence-electron chi connectivity index (χ1n) is 8.15. The Bertz CT molecular complexity index is 219. The summed E-state index contributed by atoms with van der Waals surface area (Å²) in [5, 5.41) is 3.59. The molecule has 1 unspecified atom stereocenters. The van der Waals surface area contributed by atoms with E-state index in [0.29, 0.717) is 18.2 Å². The Labute approximate surface area is 120 Å². The lowest BCUT2D eigenvalue weighted by molar-refractivity contribution is 0.0211. The van der Waals surface area contributed by atoms with Gasteiger partial charge in [-0.1, -0.05) is 13.3 Å². The van der Waals surface area contributed by atoms with Crippen molar-refractivity contribution < 1.29 is 4.74 Å². The van der Waals surface area contributed by atoms with Gasteiger partial charge in [-0.3, -0.25) is 4.90 Å². The molecule has 19 heavy (non-hydrogen) atoms. The van der Waals surface area contributed by atoms with Crippen molar-refractivity contribution in [3.63, 3.8) is 0 Å². The average molecular weight is 270 g/mol. The summed E-state index contributed by atoms with van der Waals surface area (Å²) < 4.78 is 6.09. The van der Waals surface area contributed by atoms with Gasteiger partial charge in [0.2, 0.25) is 0 Å². The maximum atomic E-state index is 6.09. The highest BCUT2D eigenvalue weighted by Gasteiger charge is 2.22. The van der Waals surface area contributed by atoms with Crippen LogP contribution in [0.2, 0.25) is 0 Å². The van der Waals surface area contributed by atoms with Gasteiger partial charge in [0, 0.05) is 31.2 Å². The van der Waals surface area contributed by atoms with E-state index < -0.39 is 0 Å². The number of rotatable bonds is 11. The Morgan fingerprint density at radius 2 is 1.79 bits per heavy atom. The minimum absolute atomic E-state index is 0.395. The van der Waals surface area contributed by atoms with Crippen LogP contribution in [0.1, 0.15) is 60.3 Å². The Kier molecular flexibility index (Phi) is 7.96. The number of ether oxygens (including phenoxy) is 1. The molecule has 114 valence electrons. The lowest BCUT2D eigenvalue weighted by Crippen LogP contribution is -2.40. The molecule has 0 aromatic rings. The summed E-state index contributed by atoms with van der Waals surface area (Å²) >= 11 is 0. The van der Waals surface area contributed by atoms with Crippen LogP contribution in [-0.2, 0) is 4.74 Å². The molecule has 3 heteroatoms. The van der Waals surface area contributed by atoms with Gasteiger partial charge in [0.05, 0.1) is 12.7 Å². The first-order valence-corrected chi connectivity index (χ1v) is 8.15. The van der Waals surface area contributed by atoms with E-state index in [1.165, 1.54) is 25.7 Å². The van der Waals surface area contributed by atoms with Crippen LogP contribution in [0.15, 0.2) is 0 Å². The molecule has 0 radical (unpaired) electrons. The Balaban J connectivity index is 2.21. The molecule has 0 heterocycles. The van der Waals surface area contributed by atoms with Crippen molar-refractivity contribution in [3.8, 4) is 0 Å². The zero-order valence-corrected chi connectivity index (χ0v) is 13.6. The van der Waals surface area contributed by atoms with E-state index in [1.807, 2.05) is 0 Å². The third-order valence-electron chi connectivity index (χ3n) is 3.85. The molecular weight excluding hydrogens is 236 g/mol. The zero-order valence-electron chi connectivity index (χ0n) is 13.6. The first kappa shape index (κ1) is 16.9. The standard InChI is InChI=1S/C16H34N2O/c1-6-7-16(12-17-15-8-9-15)19-11-10-18(13(2)3)14(4)5/h13-17H,6-12H2,1-5H3. The summed E-state index contributed by atoms with van der Waals surface area (Å²) in [7, 11) is 0. The minimum atomic E-state index is 0.395. The maximum absolute atomic E-state index is 6.09. The molecule has 0 amide bonds. The highest BCUT2D eigenvalue weighted by molar-refractivity contribution is 4.82. The van der Waals surface area contributed by atoms with Gasteiger partial charge in [-0.15, -0.1) is 0 Å². The monoisotopic (exact) mass is 270 g/mol. The molecular formula is C16H34N2O. The molecule has 0 spiro atoms. The molecule has 0 aliphatic heterocycles. The Hall–Kier alpha value is -0.120. The average Bonchev–Trinajstić information content (AvgIpc) is 3.14. The van der Waals surface area contributed by atoms with Crippen LogP contribution >= 0.6 is 0 Å². The molecule has 1 saturated carbocycles. The van der Waals surface area contributed by atoms with Crippen LogP contribution < -0.4 is 5.32 Å². The quantitative estimate of drug-likeness (QED) is 0.624. The molecule has 0 saturated heterocycles. The topological polar surface area (TPSA) is 24.5 Å². The summed E-state index contributed by atoms with van der Waals surface area (Å²) in [6.07, 6.45) is 5.48. The summed E-state index contributed by atoms with van der Waals surface area (Å²) in [5.74, 6) is 0. The van der Waals surface area contributed by atoms with E-state index in [9.17, 15) is 0 Å². The zero-order chi connectivity index (χ0) is 14.3. The molecule has 1 rings (SSSR count). The van der Waals surface area contributed by atoms with Gasteiger partial charge in [0.25, 0.3) is 0 Å². The van der Waals surface area contributed by atoms with Gasteiger partial charge in [0.1, 0.15) is 0 Å². The lowest BCUT2D eigenvalue weighted by Gasteiger charge is -2.31. The normalized spacial score (nSPS) is 17.7. The van der Waals surface area contributed by atoms with E-state index in [4.69, 9.17) is 4.74 Å². The predicted octanol–water partition coefficient (Wildman–Crippen LogP) is 3.04. The molecule has 3 nitrogen and oxygen atoms in total. The Morgan fingerprint density at radius 3 is 2.26 bits per heavy atom. The van der Waals surface area contributed by atoms with Crippen molar-refractivity contribution in [2.45, 2.75) is 84.5 Å². The van der Waals surface area contributed by atoms with E-state index in [1.54, 1.807) is 0 Å². The van der Waals surface area contributed by atoms with E-state index in [0.717, 1.165) is 25.7 Å². The van der Waals surface area contributed by atoms with Crippen molar-refractivity contribution in [3.05, 3.63) is 0 Å². The van der Waals surface area contributed by atoms with E-state index >= 15 is 0 Å². The highest BCUT2D eigenvalue weighted by Crippen LogP contribution is 2.19. The molecule has 1 aliphatic rings. The molecule has 0 aromatic carbocycles. The molecule has 0 bridgehead atoms. The van der Waals surface area contributed by atoms with Gasteiger partial charge in [-0.05, 0) is 47.0 Å². The number of hydrogen-bond acceptors (Lipinski definition) is 3. The number of nitrogens with zero attached hydrogens (tertiary/aromatic N) is 1. The van der Waals surface area contributed by atoms with E-state index in [2.05, 4.69) is 44.8 Å². The van der Waals surface area contributed by atoms with Gasteiger partial charge in [-0.25, -0.2) is 0 Å². The third-order valence-corrected chi connectivity index (χ3v) is 3.85.